The Kier molecular flexibility index (Phi) is 7.65. The van der Waals surface area contributed by atoms with Crippen molar-refractivity contribution >= 4 is 29.3 Å². The lowest BCUT2D eigenvalue weighted by Crippen LogP contribution is -2.26. The first-order valence-corrected chi connectivity index (χ1v) is 12.0. The molecule has 0 aliphatic carbocycles. The van der Waals surface area contributed by atoms with Crippen LogP contribution in [-0.4, -0.2) is 20.7 Å². The van der Waals surface area contributed by atoms with Gasteiger partial charge in [0.25, 0.3) is 5.91 Å². The van der Waals surface area contributed by atoms with Gasteiger partial charge < -0.3 is 5.32 Å². The van der Waals surface area contributed by atoms with Gasteiger partial charge in [0, 0.05) is 11.4 Å². The molecule has 0 atom stereocenters. The van der Waals surface area contributed by atoms with Crippen molar-refractivity contribution in [3.8, 4) is 5.69 Å². The quantitative estimate of drug-likeness (QED) is 0.214. The summed E-state index contributed by atoms with van der Waals surface area (Å²) >= 11 is 7.19. The van der Waals surface area contributed by atoms with Crippen molar-refractivity contribution in [3.05, 3.63) is 106 Å². The largest absolute Gasteiger partial charge is 0.416 e. The van der Waals surface area contributed by atoms with Crippen LogP contribution in [0.4, 0.5) is 17.6 Å². The first kappa shape index (κ1) is 25.7. The van der Waals surface area contributed by atoms with Crippen molar-refractivity contribution in [1.29, 1.82) is 0 Å². The number of alkyl halides is 3. The van der Waals surface area contributed by atoms with Crippen LogP contribution in [0.25, 0.3) is 5.69 Å². The summed E-state index contributed by atoms with van der Waals surface area (Å²) in [5.41, 5.74) is 1.14. The SMILES string of the molecule is Cc1cccc(-n2c(CNC(=O)c3c(F)cccc3Cl)nnc2SCc2cccc(C(F)(F)F)c2)c1. The number of amides is 1. The van der Waals surface area contributed by atoms with Gasteiger partial charge in [0.1, 0.15) is 5.82 Å². The number of carbonyl (C=O) groups excluding carboxylic acids is 1. The zero-order chi connectivity index (χ0) is 25.9. The number of aryl methyl sites for hydroxylation is 1. The summed E-state index contributed by atoms with van der Waals surface area (Å²) in [6.45, 7) is 1.82. The predicted molar refractivity (Wildman–Crippen MR) is 130 cm³/mol. The van der Waals surface area contributed by atoms with Gasteiger partial charge in [-0.25, -0.2) is 4.39 Å². The molecule has 0 radical (unpaired) electrons. The van der Waals surface area contributed by atoms with Gasteiger partial charge in [0.15, 0.2) is 11.0 Å². The van der Waals surface area contributed by atoms with Gasteiger partial charge >= 0.3 is 6.18 Å². The zero-order valence-corrected chi connectivity index (χ0v) is 20.4. The number of benzene rings is 3. The first-order chi connectivity index (χ1) is 17.1. The number of nitrogens with one attached hydrogen (secondary N) is 1. The lowest BCUT2D eigenvalue weighted by atomic mass is 10.1. The third-order valence-corrected chi connectivity index (χ3v) is 6.49. The Bertz CT molecular complexity index is 1390. The van der Waals surface area contributed by atoms with E-state index in [4.69, 9.17) is 11.6 Å². The van der Waals surface area contributed by atoms with E-state index in [9.17, 15) is 22.4 Å². The first-order valence-electron chi connectivity index (χ1n) is 10.7. The van der Waals surface area contributed by atoms with E-state index in [1.54, 1.807) is 10.6 Å². The minimum atomic E-state index is -4.44. The van der Waals surface area contributed by atoms with E-state index < -0.39 is 23.5 Å². The molecule has 0 aliphatic heterocycles. The van der Waals surface area contributed by atoms with Crippen LogP contribution in [0.3, 0.4) is 0 Å². The van der Waals surface area contributed by atoms with E-state index in [0.29, 0.717) is 22.2 Å². The number of rotatable bonds is 7. The lowest BCUT2D eigenvalue weighted by molar-refractivity contribution is -0.137. The summed E-state index contributed by atoms with van der Waals surface area (Å²) < 4.78 is 55.1. The van der Waals surface area contributed by atoms with Gasteiger partial charge in [0.05, 0.1) is 22.7 Å². The standard InChI is InChI=1S/C25H19ClF4N4OS/c1-15-5-2-8-18(11-15)34-21(13-31-23(35)22-19(26)9-4-10-20(22)27)32-33-24(34)36-14-16-6-3-7-17(12-16)25(28,29)30/h2-12H,13-14H2,1H3,(H,31,35). The van der Waals surface area contributed by atoms with Crippen LogP contribution in [0.5, 0.6) is 0 Å². The zero-order valence-electron chi connectivity index (χ0n) is 18.8. The molecular weight excluding hydrogens is 516 g/mol. The number of aromatic nitrogens is 3. The highest BCUT2D eigenvalue weighted by Crippen LogP contribution is 2.32. The average molecular weight is 535 g/mol. The number of halogens is 5. The highest BCUT2D eigenvalue weighted by molar-refractivity contribution is 7.98. The molecule has 3 aromatic carbocycles. The van der Waals surface area contributed by atoms with Crippen molar-refractivity contribution in [3.63, 3.8) is 0 Å². The Balaban J connectivity index is 1.60. The summed E-state index contributed by atoms with van der Waals surface area (Å²) in [6.07, 6.45) is -4.44. The molecule has 36 heavy (non-hydrogen) atoms. The maximum absolute atomic E-state index is 14.1. The van der Waals surface area contributed by atoms with Crippen LogP contribution in [0.1, 0.15) is 32.9 Å². The third-order valence-electron chi connectivity index (χ3n) is 5.18. The molecule has 186 valence electrons. The monoisotopic (exact) mass is 534 g/mol. The molecule has 0 spiro atoms. The van der Waals surface area contributed by atoms with Crippen molar-refractivity contribution in [2.75, 3.05) is 0 Å². The molecule has 1 N–H and O–H groups in total. The van der Waals surface area contributed by atoms with Gasteiger partial charge in [-0.2, -0.15) is 13.2 Å². The van der Waals surface area contributed by atoms with Gasteiger partial charge in [-0.1, -0.05) is 59.8 Å². The van der Waals surface area contributed by atoms with Crippen molar-refractivity contribution < 1.29 is 22.4 Å². The Hall–Kier alpha value is -3.37. The van der Waals surface area contributed by atoms with E-state index in [2.05, 4.69) is 15.5 Å². The van der Waals surface area contributed by atoms with Gasteiger partial charge in [-0.05, 0) is 48.4 Å². The van der Waals surface area contributed by atoms with E-state index in [0.717, 1.165) is 23.8 Å². The van der Waals surface area contributed by atoms with Crippen LogP contribution in [-0.2, 0) is 18.5 Å². The Labute approximate surface area is 213 Å². The third kappa shape index (κ3) is 5.88. The lowest BCUT2D eigenvalue weighted by Gasteiger charge is -2.13. The summed E-state index contributed by atoms with van der Waals surface area (Å²) in [5.74, 6) is -0.897. The van der Waals surface area contributed by atoms with Crippen LogP contribution in [0.15, 0.2) is 71.9 Å². The molecule has 0 unspecified atom stereocenters. The number of hydrogen-bond donors (Lipinski definition) is 1. The second kappa shape index (κ2) is 10.7. The van der Waals surface area contributed by atoms with Crippen LogP contribution < -0.4 is 5.32 Å². The van der Waals surface area contributed by atoms with Crippen LogP contribution >= 0.6 is 23.4 Å². The summed E-state index contributed by atoms with van der Waals surface area (Å²) in [6, 6.07) is 16.5. The smallest absolute Gasteiger partial charge is 0.345 e. The van der Waals surface area contributed by atoms with Crippen molar-refractivity contribution in [2.24, 2.45) is 0 Å². The van der Waals surface area contributed by atoms with E-state index in [1.165, 1.54) is 30.0 Å². The minimum absolute atomic E-state index is 0.0232. The average Bonchev–Trinajstić information content (AvgIpc) is 3.24. The second-order valence-corrected chi connectivity index (χ2v) is 9.19. The minimum Gasteiger partial charge on any atom is -0.345 e. The topological polar surface area (TPSA) is 59.8 Å². The summed E-state index contributed by atoms with van der Waals surface area (Å²) in [5, 5.41) is 11.4. The molecule has 11 heteroatoms. The molecular formula is C25H19ClF4N4OS. The molecule has 0 saturated heterocycles. The number of hydrogen-bond acceptors (Lipinski definition) is 4. The molecule has 1 amide bonds. The molecule has 5 nitrogen and oxygen atoms in total. The maximum Gasteiger partial charge on any atom is 0.416 e. The van der Waals surface area contributed by atoms with E-state index >= 15 is 0 Å². The number of thioether (sulfide) groups is 1. The van der Waals surface area contributed by atoms with Crippen molar-refractivity contribution in [2.45, 2.75) is 30.6 Å². The summed E-state index contributed by atoms with van der Waals surface area (Å²) in [4.78, 5) is 12.6. The Morgan fingerprint density at radius 1 is 1.06 bits per heavy atom. The molecule has 1 aromatic heterocycles. The Morgan fingerprint density at radius 3 is 2.53 bits per heavy atom. The molecule has 1 heterocycles. The second-order valence-electron chi connectivity index (χ2n) is 7.84. The number of carbonyl (C=O) groups is 1. The normalized spacial score (nSPS) is 11.5. The van der Waals surface area contributed by atoms with Crippen LogP contribution in [0, 0.1) is 12.7 Å². The van der Waals surface area contributed by atoms with Gasteiger partial charge in [-0.15, -0.1) is 10.2 Å². The maximum atomic E-state index is 14.1. The highest BCUT2D eigenvalue weighted by atomic mass is 35.5. The predicted octanol–water partition coefficient (Wildman–Crippen LogP) is 6.61. The Morgan fingerprint density at radius 2 is 1.81 bits per heavy atom. The molecule has 0 saturated carbocycles. The molecule has 4 rings (SSSR count). The van der Waals surface area contributed by atoms with Crippen molar-refractivity contribution in [1.82, 2.24) is 20.1 Å². The molecule has 0 aliphatic rings. The summed E-state index contributed by atoms with van der Waals surface area (Å²) in [7, 11) is 0. The van der Waals surface area contributed by atoms with Gasteiger partial charge in [-0.3, -0.25) is 9.36 Å². The number of nitrogens with zero attached hydrogens (tertiary/aromatic N) is 3. The fourth-order valence-electron chi connectivity index (χ4n) is 3.48. The fourth-order valence-corrected chi connectivity index (χ4v) is 4.65. The fraction of sp³-hybridized carbons (Fsp3) is 0.160. The van der Waals surface area contributed by atoms with Gasteiger partial charge in [0.2, 0.25) is 0 Å². The molecule has 0 fully saturated rings. The molecule has 4 aromatic rings. The van der Waals surface area contributed by atoms with Crippen LogP contribution in [0.2, 0.25) is 5.02 Å². The molecule has 0 bridgehead atoms. The highest BCUT2D eigenvalue weighted by Gasteiger charge is 2.30. The van der Waals surface area contributed by atoms with E-state index in [-0.39, 0.29) is 22.9 Å². The van der Waals surface area contributed by atoms with E-state index in [1.807, 2.05) is 31.2 Å².